The zero-order chi connectivity index (χ0) is 24.3. The Bertz CT molecular complexity index is 1260. The summed E-state index contributed by atoms with van der Waals surface area (Å²) in [7, 11) is -3.70. The average molecular weight is 543 g/mol. The van der Waals surface area contributed by atoms with Crippen molar-refractivity contribution in [2.24, 2.45) is 0 Å². The van der Waals surface area contributed by atoms with Crippen molar-refractivity contribution >= 4 is 61.3 Å². The van der Waals surface area contributed by atoms with Crippen molar-refractivity contribution in [2.45, 2.75) is 30.4 Å². The first-order valence-corrected chi connectivity index (χ1v) is 13.5. The molecule has 34 heavy (non-hydrogen) atoms. The Morgan fingerprint density at radius 2 is 2.03 bits per heavy atom. The molecule has 1 aliphatic heterocycles. The lowest BCUT2D eigenvalue weighted by atomic mass is 10.2. The van der Waals surface area contributed by atoms with Gasteiger partial charge in [-0.25, -0.2) is 13.4 Å². The molecule has 182 valence electrons. The number of sulfonamides is 1. The molecule has 12 heteroatoms. The second-order valence-electron chi connectivity index (χ2n) is 7.69. The third kappa shape index (κ3) is 5.75. The summed E-state index contributed by atoms with van der Waals surface area (Å²) in [6.07, 6.45) is 1.54. The van der Waals surface area contributed by atoms with Gasteiger partial charge in [0.05, 0.1) is 9.92 Å². The molecule has 2 aromatic carbocycles. The molecule has 8 nitrogen and oxygen atoms in total. The van der Waals surface area contributed by atoms with Crippen LogP contribution in [0.1, 0.15) is 14.8 Å². The van der Waals surface area contributed by atoms with Gasteiger partial charge >= 0.3 is 0 Å². The molecule has 2 atom stereocenters. The maximum atomic E-state index is 12.6. The Balaban J connectivity index is 0.00000342. The maximum Gasteiger partial charge on any atom is 0.263 e. The average Bonchev–Trinajstić information content (AvgIpc) is 3.49. The van der Waals surface area contributed by atoms with E-state index in [0.717, 1.165) is 18.7 Å². The van der Waals surface area contributed by atoms with E-state index in [2.05, 4.69) is 19.9 Å². The van der Waals surface area contributed by atoms with E-state index in [0.29, 0.717) is 22.4 Å². The van der Waals surface area contributed by atoms with Crippen molar-refractivity contribution in [3.05, 3.63) is 64.1 Å². The molecule has 1 saturated heterocycles. The number of rotatable bonds is 8. The molecule has 1 amide bonds. The van der Waals surface area contributed by atoms with Crippen molar-refractivity contribution in [3.8, 4) is 5.75 Å². The minimum absolute atomic E-state index is 0. The monoisotopic (exact) mass is 542 g/mol. The number of nitrogens with zero attached hydrogens (tertiary/aromatic N) is 2. The van der Waals surface area contributed by atoms with Gasteiger partial charge in [-0.05, 0) is 49.7 Å². The SMILES string of the molecule is C[C@@H](Oc1cccc(Cl)c1Cl)C(=O)N[C@H]1CCN(c2ccc(S(=O)(=O)Nc3nccs3)cc2)C1.[HH]. The third-order valence-electron chi connectivity index (χ3n) is 5.29. The number of halogens is 2. The number of anilines is 2. The second-order valence-corrected chi connectivity index (χ2v) is 11.1. The first-order valence-electron chi connectivity index (χ1n) is 10.4. The molecule has 0 spiro atoms. The van der Waals surface area contributed by atoms with E-state index in [1.807, 2.05) is 0 Å². The third-order valence-corrected chi connectivity index (χ3v) is 8.26. The number of thiazole rings is 1. The molecule has 1 fully saturated rings. The van der Waals surface area contributed by atoms with E-state index in [4.69, 9.17) is 27.9 Å². The maximum absolute atomic E-state index is 12.6. The summed E-state index contributed by atoms with van der Waals surface area (Å²) in [5.74, 6) is 0.0989. The highest BCUT2D eigenvalue weighted by Gasteiger charge is 2.27. The first kappa shape index (κ1) is 24.6. The van der Waals surface area contributed by atoms with E-state index in [-0.39, 0.29) is 23.3 Å². The fourth-order valence-electron chi connectivity index (χ4n) is 3.53. The lowest BCUT2D eigenvalue weighted by molar-refractivity contribution is -0.127. The summed E-state index contributed by atoms with van der Waals surface area (Å²) in [6, 6.07) is 11.6. The van der Waals surface area contributed by atoms with E-state index >= 15 is 0 Å². The normalized spacial score (nSPS) is 16.8. The van der Waals surface area contributed by atoms with Crippen molar-refractivity contribution in [1.29, 1.82) is 0 Å². The summed E-state index contributed by atoms with van der Waals surface area (Å²) in [5, 5.41) is 5.64. The summed E-state index contributed by atoms with van der Waals surface area (Å²) >= 11 is 13.3. The van der Waals surface area contributed by atoms with Gasteiger partial charge in [0.1, 0.15) is 10.8 Å². The van der Waals surface area contributed by atoms with Gasteiger partial charge in [-0.3, -0.25) is 9.52 Å². The minimum Gasteiger partial charge on any atom is -0.479 e. The van der Waals surface area contributed by atoms with Gasteiger partial charge in [0.25, 0.3) is 15.9 Å². The molecule has 0 aliphatic carbocycles. The van der Waals surface area contributed by atoms with Crippen molar-refractivity contribution in [2.75, 3.05) is 22.7 Å². The zero-order valence-electron chi connectivity index (χ0n) is 18.1. The molecular formula is C22H24Cl2N4O4S2. The van der Waals surface area contributed by atoms with Crippen LogP contribution in [0.2, 0.25) is 10.0 Å². The molecule has 1 aliphatic rings. The minimum atomic E-state index is -3.70. The largest absolute Gasteiger partial charge is 0.479 e. The Hall–Kier alpha value is -2.53. The number of hydrogen-bond acceptors (Lipinski definition) is 7. The molecule has 0 bridgehead atoms. The molecule has 0 unspecified atom stereocenters. The number of hydrogen-bond donors (Lipinski definition) is 2. The molecule has 2 N–H and O–H groups in total. The Morgan fingerprint density at radius 3 is 2.74 bits per heavy atom. The predicted octanol–water partition coefficient (Wildman–Crippen LogP) is 4.66. The zero-order valence-corrected chi connectivity index (χ0v) is 21.2. The van der Waals surface area contributed by atoms with Gasteiger partial charge in [0, 0.05) is 37.8 Å². The van der Waals surface area contributed by atoms with Crippen molar-refractivity contribution in [3.63, 3.8) is 0 Å². The van der Waals surface area contributed by atoms with Crippen LogP contribution in [-0.2, 0) is 14.8 Å². The standard InChI is InChI=1S/C22H22Cl2N4O4S2.H2/c1-14(32-19-4-2-3-18(23)20(19)24)21(29)26-15-9-11-28(13-15)16-5-7-17(8-6-16)34(30,31)27-22-25-10-12-33-22;/h2-8,10,12,14-15H,9,11,13H2,1H3,(H,25,27)(H,26,29);1H/t14-,15+;/m1./s1. The first-order chi connectivity index (χ1) is 16.2. The quantitative estimate of drug-likeness (QED) is 0.429. The highest BCUT2D eigenvalue weighted by Crippen LogP contribution is 2.32. The fraction of sp³-hybridized carbons (Fsp3) is 0.273. The van der Waals surface area contributed by atoms with Crippen LogP contribution in [0.25, 0.3) is 0 Å². The van der Waals surface area contributed by atoms with Crippen LogP contribution < -0.4 is 19.7 Å². The number of carbonyl (C=O) groups is 1. The van der Waals surface area contributed by atoms with E-state index in [1.165, 1.54) is 17.5 Å². The van der Waals surface area contributed by atoms with Crippen LogP contribution in [0.4, 0.5) is 10.8 Å². The van der Waals surface area contributed by atoms with Gasteiger partial charge in [-0.2, -0.15) is 0 Å². The van der Waals surface area contributed by atoms with Gasteiger partial charge in [-0.1, -0.05) is 29.3 Å². The van der Waals surface area contributed by atoms with Crippen LogP contribution in [-0.4, -0.2) is 44.5 Å². The lowest BCUT2D eigenvalue weighted by Crippen LogP contribution is -2.43. The second kappa shape index (κ2) is 10.4. The van der Waals surface area contributed by atoms with Gasteiger partial charge in [-0.15, -0.1) is 11.3 Å². The van der Waals surface area contributed by atoms with Crippen LogP contribution in [0.15, 0.2) is 58.9 Å². The summed E-state index contributed by atoms with van der Waals surface area (Å²) < 4.78 is 33.2. The fourth-order valence-corrected chi connectivity index (χ4v) is 5.66. The highest BCUT2D eigenvalue weighted by atomic mass is 35.5. The van der Waals surface area contributed by atoms with Crippen LogP contribution in [0, 0.1) is 0 Å². The molecule has 2 heterocycles. The number of aromatic nitrogens is 1. The van der Waals surface area contributed by atoms with E-state index in [9.17, 15) is 13.2 Å². The Kier molecular flexibility index (Phi) is 7.51. The topological polar surface area (TPSA) is 101 Å². The smallest absolute Gasteiger partial charge is 0.263 e. The molecule has 0 saturated carbocycles. The number of nitrogens with one attached hydrogen (secondary N) is 2. The summed E-state index contributed by atoms with van der Waals surface area (Å²) in [6.45, 7) is 2.97. The predicted molar refractivity (Wildman–Crippen MR) is 137 cm³/mol. The molecule has 1 aromatic heterocycles. The Morgan fingerprint density at radius 1 is 1.26 bits per heavy atom. The van der Waals surface area contributed by atoms with Crippen molar-refractivity contribution in [1.82, 2.24) is 10.3 Å². The van der Waals surface area contributed by atoms with Gasteiger partial charge in [0.15, 0.2) is 11.2 Å². The van der Waals surface area contributed by atoms with E-state index < -0.39 is 16.1 Å². The molecule has 0 radical (unpaired) electrons. The molecule has 3 aromatic rings. The van der Waals surface area contributed by atoms with Gasteiger partial charge in [0.2, 0.25) is 0 Å². The summed E-state index contributed by atoms with van der Waals surface area (Å²) in [4.78, 5) is 18.8. The van der Waals surface area contributed by atoms with Gasteiger partial charge < -0.3 is 15.0 Å². The summed E-state index contributed by atoms with van der Waals surface area (Å²) in [5.41, 5.74) is 0.875. The van der Waals surface area contributed by atoms with Crippen molar-refractivity contribution < 1.29 is 19.4 Å². The number of ether oxygens (including phenoxy) is 1. The molecule has 4 rings (SSSR count). The number of amides is 1. The van der Waals surface area contributed by atoms with Crippen LogP contribution >= 0.6 is 34.5 Å². The van der Waals surface area contributed by atoms with Crippen LogP contribution in [0.3, 0.4) is 0 Å². The highest BCUT2D eigenvalue weighted by molar-refractivity contribution is 7.93. The lowest BCUT2D eigenvalue weighted by Gasteiger charge is -2.21. The number of benzene rings is 2. The van der Waals surface area contributed by atoms with Crippen LogP contribution in [0.5, 0.6) is 5.75 Å². The molecular weight excluding hydrogens is 519 g/mol. The Labute approximate surface area is 213 Å². The van der Waals surface area contributed by atoms with E-state index in [1.54, 1.807) is 54.8 Å². The number of carbonyl (C=O) groups excluding carboxylic acids is 1.